The minimum absolute atomic E-state index is 0.374. The van der Waals surface area contributed by atoms with Crippen molar-refractivity contribution in [2.45, 2.75) is 38.6 Å². The Hall–Kier alpha value is -1.51. The van der Waals surface area contributed by atoms with Gasteiger partial charge in [0.15, 0.2) is 0 Å². The number of benzene rings is 1. The number of rotatable bonds is 4. The molecule has 0 saturated carbocycles. The van der Waals surface area contributed by atoms with Crippen LogP contribution in [0.2, 0.25) is 0 Å². The normalized spacial score (nSPS) is 16.4. The predicted molar refractivity (Wildman–Crippen MR) is 68.4 cm³/mol. The van der Waals surface area contributed by atoms with E-state index < -0.39 is 5.97 Å². The van der Waals surface area contributed by atoms with Crippen molar-refractivity contribution in [2.75, 3.05) is 11.4 Å². The fraction of sp³-hybridized carbons (Fsp3) is 0.500. The smallest absolute Gasteiger partial charge is 0.326 e. The predicted octanol–water partition coefficient (Wildman–Crippen LogP) is 2.69. The molecular formula is C14H19NO2. The molecule has 1 N–H and O–H groups in total. The van der Waals surface area contributed by atoms with E-state index in [1.807, 2.05) is 25.1 Å². The zero-order valence-corrected chi connectivity index (χ0v) is 10.2. The Morgan fingerprint density at radius 2 is 2.24 bits per heavy atom. The number of fused-ring (bicyclic) bond motifs is 1. The van der Waals surface area contributed by atoms with Gasteiger partial charge in [0, 0.05) is 12.2 Å². The summed E-state index contributed by atoms with van der Waals surface area (Å²) in [6, 6.07) is 7.79. The van der Waals surface area contributed by atoms with E-state index >= 15 is 0 Å². The maximum atomic E-state index is 11.4. The van der Waals surface area contributed by atoms with E-state index in [9.17, 15) is 9.90 Å². The molecule has 3 heteroatoms. The molecule has 0 fully saturated rings. The Morgan fingerprint density at radius 3 is 2.94 bits per heavy atom. The van der Waals surface area contributed by atoms with Crippen LogP contribution in [0.5, 0.6) is 0 Å². The lowest BCUT2D eigenvalue weighted by molar-refractivity contribution is -0.138. The van der Waals surface area contributed by atoms with Crippen LogP contribution in [-0.2, 0) is 11.2 Å². The first-order valence-electron chi connectivity index (χ1n) is 6.31. The Balaban J connectivity index is 2.30. The number of aliphatic carboxylic acids is 1. The molecule has 0 bridgehead atoms. The third-order valence-electron chi connectivity index (χ3n) is 3.37. The van der Waals surface area contributed by atoms with Crippen molar-refractivity contribution >= 4 is 11.7 Å². The van der Waals surface area contributed by atoms with Crippen LogP contribution < -0.4 is 4.90 Å². The summed E-state index contributed by atoms with van der Waals surface area (Å²) in [6.07, 6.45) is 3.72. The summed E-state index contributed by atoms with van der Waals surface area (Å²) in [5.74, 6) is -0.705. The van der Waals surface area contributed by atoms with Gasteiger partial charge in [0.05, 0.1) is 0 Å². The van der Waals surface area contributed by atoms with Gasteiger partial charge in [-0.05, 0) is 30.9 Å². The molecule has 0 radical (unpaired) electrons. The summed E-state index contributed by atoms with van der Waals surface area (Å²) >= 11 is 0. The van der Waals surface area contributed by atoms with Crippen LogP contribution in [0.15, 0.2) is 24.3 Å². The first-order chi connectivity index (χ1) is 8.24. The van der Waals surface area contributed by atoms with Crippen molar-refractivity contribution in [3.05, 3.63) is 29.8 Å². The molecule has 17 heavy (non-hydrogen) atoms. The molecule has 3 nitrogen and oxygen atoms in total. The second-order valence-electron chi connectivity index (χ2n) is 4.57. The van der Waals surface area contributed by atoms with Crippen molar-refractivity contribution < 1.29 is 9.90 Å². The third-order valence-corrected chi connectivity index (χ3v) is 3.37. The molecule has 0 aliphatic carbocycles. The monoisotopic (exact) mass is 233 g/mol. The van der Waals surface area contributed by atoms with Gasteiger partial charge < -0.3 is 10.0 Å². The van der Waals surface area contributed by atoms with E-state index in [2.05, 4.69) is 11.0 Å². The van der Waals surface area contributed by atoms with E-state index in [0.717, 1.165) is 31.5 Å². The number of carboxylic acids is 1. The molecule has 1 aromatic carbocycles. The number of para-hydroxylation sites is 1. The van der Waals surface area contributed by atoms with E-state index in [1.165, 1.54) is 5.56 Å². The van der Waals surface area contributed by atoms with Crippen molar-refractivity contribution in [3.8, 4) is 0 Å². The molecule has 1 aliphatic heterocycles. The summed E-state index contributed by atoms with van der Waals surface area (Å²) in [5, 5.41) is 9.34. The van der Waals surface area contributed by atoms with Crippen LogP contribution in [0, 0.1) is 0 Å². The minimum atomic E-state index is -0.705. The molecular weight excluding hydrogens is 214 g/mol. The number of carboxylic acid groups (broad SMARTS) is 1. The average Bonchev–Trinajstić information content (AvgIpc) is 2.35. The Bertz CT molecular complexity index is 403. The fourth-order valence-corrected chi connectivity index (χ4v) is 2.57. The van der Waals surface area contributed by atoms with Crippen LogP contribution >= 0.6 is 0 Å². The van der Waals surface area contributed by atoms with Crippen LogP contribution in [-0.4, -0.2) is 23.7 Å². The number of anilines is 1. The van der Waals surface area contributed by atoms with Gasteiger partial charge in [-0.3, -0.25) is 0 Å². The average molecular weight is 233 g/mol. The van der Waals surface area contributed by atoms with Crippen LogP contribution in [0.3, 0.4) is 0 Å². The third kappa shape index (κ3) is 2.43. The molecule has 1 heterocycles. The number of carbonyl (C=O) groups is 1. The molecule has 1 aliphatic rings. The highest BCUT2D eigenvalue weighted by Gasteiger charge is 2.28. The second-order valence-corrected chi connectivity index (χ2v) is 4.57. The van der Waals surface area contributed by atoms with Gasteiger partial charge in [-0.1, -0.05) is 31.5 Å². The van der Waals surface area contributed by atoms with E-state index in [-0.39, 0.29) is 6.04 Å². The maximum Gasteiger partial charge on any atom is 0.326 e. The highest BCUT2D eigenvalue weighted by molar-refractivity contribution is 5.79. The van der Waals surface area contributed by atoms with E-state index in [4.69, 9.17) is 0 Å². The molecule has 1 atom stereocenters. The molecule has 1 aromatic rings. The quantitative estimate of drug-likeness (QED) is 0.869. The van der Waals surface area contributed by atoms with Crippen molar-refractivity contribution in [1.82, 2.24) is 0 Å². The second kappa shape index (κ2) is 5.21. The highest BCUT2D eigenvalue weighted by atomic mass is 16.4. The summed E-state index contributed by atoms with van der Waals surface area (Å²) in [5.41, 5.74) is 2.39. The number of nitrogens with zero attached hydrogens (tertiary/aromatic N) is 1. The minimum Gasteiger partial charge on any atom is -0.480 e. The summed E-state index contributed by atoms with van der Waals surface area (Å²) in [4.78, 5) is 13.4. The molecule has 0 amide bonds. The zero-order valence-electron chi connectivity index (χ0n) is 10.2. The first-order valence-corrected chi connectivity index (χ1v) is 6.31. The van der Waals surface area contributed by atoms with Crippen LogP contribution in [0.4, 0.5) is 5.69 Å². The Labute approximate surface area is 102 Å². The molecule has 0 aromatic heterocycles. The molecule has 1 unspecified atom stereocenters. The Morgan fingerprint density at radius 1 is 1.47 bits per heavy atom. The SMILES string of the molecule is CCCC(C(=O)O)N1CCCc2ccccc21. The van der Waals surface area contributed by atoms with Gasteiger partial charge in [-0.15, -0.1) is 0 Å². The topological polar surface area (TPSA) is 40.5 Å². The lowest BCUT2D eigenvalue weighted by atomic mass is 9.98. The Kier molecular flexibility index (Phi) is 3.67. The number of aryl methyl sites for hydroxylation is 1. The molecule has 92 valence electrons. The van der Waals surface area contributed by atoms with E-state index in [1.54, 1.807) is 0 Å². The van der Waals surface area contributed by atoms with Crippen molar-refractivity contribution in [1.29, 1.82) is 0 Å². The van der Waals surface area contributed by atoms with Gasteiger partial charge in [0.1, 0.15) is 6.04 Å². The molecule has 0 saturated heterocycles. The lowest BCUT2D eigenvalue weighted by Crippen LogP contribution is -2.44. The van der Waals surface area contributed by atoms with Gasteiger partial charge >= 0.3 is 5.97 Å². The first kappa shape index (κ1) is 12.0. The van der Waals surface area contributed by atoms with Gasteiger partial charge in [-0.2, -0.15) is 0 Å². The standard InChI is InChI=1S/C14H19NO2/c1-2-6-13(14(16)17)15-10-5-8-11-7-3-4-9-12(11)15/h3-4,7,9,13H,2,5-6,8,10H2,1H3,(H,16,17). The molecule has 0 spiro atoms. The largest absolute Gasteiger partial charge is 0.480 e. The van der Waals surface area contributed by atoms with Crippen molar-refractivity contribution in [2.24, 2.45) is 0 Å². The maximum absolute atomic E-state index is 11.4. The summed E-state index contributed by atoms with van der Waals surface area (Å²) < 4.78 is 0. The summed E-state index contributed by atoms with van der Waals surface area (Å²) in [7, 11) is 0. The lowest BCUT2D eigenvalue weighted by Gasteiger charge is -2.35. The van der Waals surface area contributed by atoms with Crippen LogP contribution in [0.1, 0.15) is 31.7 Å². The van der Waals surface area contributed by atoms with Gasteiger partial charge in [0.2, 0.25) is 0 Å². The van der Waals surface area contributed by atoms with Crippen LogP contribution in [0.25, 0.3) is 0 Å². The number of hydrogen-bond donors (Lipinski definition) is 1. The van der Waals surface area contributed by atoms with E-state index in [0.29, 0.717) is 6.42 Å². The molecule has 2 rings (SSSR count). The van der Waals surface area contributed by atoms with Gasteiger partial charge in [0.25, 0.3) is 0 Å². The van der Waals surface area contributed by atoms with Gasteiger partial charge in [-0.25, -0.2) is 4.79 Å². The fourth-order valence-electron chi connectivity index (χ4n) is 2.57. The zero-order chi connectivity index (χ0) is 12.3. The highest BCUT2D eigenvalue weighted by Crippen LogP contribution is 2.29. The summed E-state index contributed by atoms with van der Waals surface area (Å²) in [6.45, 7) is 2.89. The van der Waals surface area contributed by atoms with Crippen molar-refractivity contribution in [3.63, 3.8) is 0 Å². The number of hydrogen-bond acceptors (Lipinski definition) is 2.